The minimum Gasteiger partial charge on any atom is -0.383 e. The fourth-order valence-corrected chi connectivity index (χ4v) is 2.84. The molecular weight excluding hydrogens is 340 g/mol. The quantitative estimate of drug-likeness (QED) is 0.427. The smallest absolute Gasteiger partial charge is 0.272 e. The lowest BCUT2D eigenvalue weighted by molar-refractivity contribution is -0.385. The van der Waals surface area contributed by atoms with Crippen molar-refractivity contribution in [1.82, 2.24) is 15.1 Å². The zero-order chi connectivity index (χ0) is 19.1. The van der Waals surface area contributed by atoms with Crippen molar-refractivity contribution in [2.75, 3.05) is 53.0 Å². The fraction of sp³-hybridized carbons (Fsp3) is 0.529. The fourth-order valence-electron chi connectivity index (χ4n) is 2.84. The molecule has 0 radical (unpaired) electrons. The molecule has 1 aromatic rings. The molecular formula is C17H24N4O5. The Labute approximate surface area is 152 Å². The first-order valence-corrected chi connectivity index (χ1v) is 8.44. The van der Waals surface area contributed by atoms with Gasteiger partial charge in [-0.2, -0.15) is 0 Å². The van der Waals surface area contributed by atoms with Crippen molar-refractivity contribution in [3.8, 4) is 0 Å². The van der Waals surface area contributed by atoms with Gasteiger partial charge < -0.3 is 15.0 Å². The Morgan fingerprint density at radius 1 is 1.27 bits per heavy atom. The lowest BCUT2D eigenvalue weighted by atomic mass is 10.1. The zero-order valence-electron chi connectivity index (χ0n) is 15.1. The van der Waals surface area contributed by atoms with Crippen LogP contribution in [0.25, 0.3) is 0 Å². The van der Waals surface area contributed by atoms with Gasteiger partial charge in [0.25, 0.3) is 11.6 Å². The highest BCUT2D eigenvalue weighted by atomic mass is 16.6. The summed E-state index contributed by atoms with van der Waals surface area (Å²) in [5.74, 6) is -0.208. The van der Waals surface area contributed by atoms with Gasteiger partial charge in [0.1, 0.15) is 0 Å². The Morgan fingerprint density at radius 2 is 1.96 bits per heavy atom. The number of methoxy groups -OCH3 is 1. The minimum atomic E-state index is -0.458. The van der Waals surface area contributed by atoms with Gasteiger partial charge in [-0.3, -0.25) is 24.6 Å². The highest BCUT2D eigenvalue weighted by Gasteiger charge is 2.24. The van der Waals surface area contributed by atoms with Crippen molar-refractivity contribution in [2.45, 2.75) is 6.92 Å². The third kappa shape index (κ3) is 5.24. The number of benzene rings is 1. The number of nitrogens with one attached hydrogen (secondary N) is 1. The summed E-state index contributed by atoms with van der Waals surface area (Å²) in [7, 11) is 1.58. The Bertz CT molecular complexity index is 671. The minimum absolute atomic E-state index is 0.00542. The van der Waals surface area contributed by atoms with E-state index in [1.165, 1.54) is 12.1 Å². The van der Waals surface area contributed by atoms with E-state index in [1.54, 1.807) is 25.0 Å². The van der Waals surface area contributed by atoms with Crippen LogP contribution in [0.2, 0.25) is 0 Å². The van der Waals surface area contributed by atoms with Crippen LogP contribution in [-0.4, -0.2) is 79.5 Å². The average molecular weight is 364 g/mol. The van der Waals surface area contributed by atoms with Crippen LogP contribution in [0.1, 0.15) is 15.9 Å². The molecule has 2 rings (SSSR count). The Morgan fingerprint density at radius 3 is 2.54 bits per heavy atom. The molecule has 0 spiro atoms. The van der Waals surface area contributed by atoms with Crippen molar-refractivity contribution >= 4 is 17.5 Å². The van der Waals surface area contributed by atoms with Gasteiger partial charge in [0.05, 0.1) is 18.1 Å². The molecule has 142 valence electrons. The standard InChI is InChI=1S/C17H24N4O5/c1-13-11-14(3-4-15(13)21(24)25)17(23)20-8-6-19(7-9-20)12-16(22)18-5-10-26-2/h3-4,11H,5-10,12H2,1-2H3,(H,18,22). The Kier molecular flexibility index (Phi) is 7.05. The van der Waals surface area contributed by atoms with Crippen LogP contribution in [-0.2, 0) is 9.53 Å². The molecule has 0 aromatic heterocycles. The summed E-state index contributed by atoms with van der Waals surface area (Å²) in [5, 5.41) is 13.6. The predicted octanol–water partition coefficient (Wildman–Crippen LogP) is 0.424. The molecule has 1 aliphatic rings. The second-order valence-electron chi connectivity index (χ2n) is 6.17. The van der Waals surface area contributed by atoms with Crippen LogP contribution in [0.4, 0.5) is 5.69 Å². The highest BCUT2D eigenvalue weighted by Crippen LogP contribution is 2.20. The molecule has 1 aliphatic heterocycles. The molecule has 0 saturated carbocycles. The molecule has 0 bridgehead atoms. The van der Waals surface area contributed by atoms with Crippen LogP contribution in [0.15, 0.2) is 18.2 Å². The predicted molar refractivity (Wildman–Crippen MR) is 95.1 cm³/mol. The van der Waals surface area contributed by atoms with Crippen LogP contribution >= 0.6 is 0 Å². The van der Waals surface area contributed by atoms with E-state index in [2.05, 4.69) is 5.32 Å². The Balaban J connectivity index is 1.85. The van der Waals surface area contributed by atoms with Gasteiger partial charge >= 0.3 is 0 Å². The van der Waals surface area contributed by atoms with E-state index in [0.29, 0.717) is 57.0 Å². The first-order chi connectivity index (χ1) is 12.4. The van der Waals surface area contributed by atoms with Crippen LogP contribution in [0.5, 0.6) is 0 Å². The molecule has 9 nitrogen and oxygen atoms in total. The maximum Gasteiger partial charge on any atom is 0.272 e. The van der Waals surface area contributed by atoms with Crippen LogP contribution < -0.4 is 5.32 Å². The molecule has 9 heteroatoms. The van der Waals surface area contributed by atoms with Crippen LogP contribution in [0.3, 0.4) is 0 Å². The molecule has 0 atom stereocenters. The van der Waals surface area contributed by atoms with Crippen molar-refractivity contribution in [3.05, 3.63) is 39.4 Å². The second kappa shape index (κ2) is 9.25. The van der Waals surface area contributed by atoms with Crippen molar-refractivity contribution in [3.63, 3.8) is 0 Å². The lowest BCUT2D eigenvalue weighted by Crippen LogP contribution is -2.51. The van der Waals surface area contributed by atoms with Crippen LogP contribution in [0, 0.1) is 17.0 Å². The van der Waals surface area contributed by atoms with Crippen molar-refractivity contribution < 1.29 is 19.2 Å². The molecule has 1 N–H and O–H groups in total. The molecule has 1 heterocycles. The lowest BCUT2D eigenvalue weighted by Gasteiger charge is -2.34. The number of rotatable bonds is 7. The summed E-state index contributed by atoms with van der Waals surface area (Å²) in [6, 6.07) is 4.41. The first kappa shape index (κ1) is 19.8. The molecule has 0 unspecified atom stereocenters. The largest absolute Gasteiger partial charge is 0.383 e. The number of hydrogen-bond donors (Lipinski definition) is 1. The molecule has 1 aromatic carbocycles. The van der Waals surface area contributed by atoms with Gasteiger partial charge in [0.15, 0.2) is 0 Å². The molecule has 26 heavy (non-hydrogen) atoms. The third-order valence-electron chi connectivity index (χ3n) is 4.30. The number of hydrogen-bond acceptors (Lipinski definition) is 6. The second-order valence-corrected chi connectivity index (χ2v) is 6.17. The number of nitro benzene ring substituents is 1. The first-order valence-electron chi connectivity index (χ1n) is 8.44. The van der Waals surface area contributed by atoms with Gasteiger partial charge in [-0.05, 0) is 19.1 Å². The highest BCUT2D eigenvalue weighted by molar-refractivity contribution is 5.94. The molecule has 1 saturated heterocycles. The zero-order valence-corrected chi connectivity index (χ0v) is 15.1. The SMILES string of the molecule is COCCNC(=O)CN1CCN(C(=O)c2ccc([N+](=O)[O-])c(C)c2)CC1. The summed E-state index contributed by atoms with van der Waals surface area (Å²) >= 11 is 0. The number of nitro groups is 1. The number of aryl methyl sites for hydroxylation is 1. The third-order valence-corrected chi connectivity index (χ3v) is 4.30. The van der Waals surface area contributed by atoms with Crippen molar-refractivity contribution in [2.24, 2.45) is 0 Å². The monoisotopic (exact) mass is 364 g/mol. The van der Waals surface area contributed by atoms with Gasteiger partial charge in [-0.15, -0.1) is 0 Å². The summed E-state index contributed by atoms with van der Waals surface area (Å²) in [5.41, 5.74) is 0.914. The molecule has 2 amide bonds. The summed E-state index contributed by atoms with van der Waals surface area (Å²) in [6.45, 7) is 5.11. The number of carbonyl (C=O) groups excluding carboxylic acids is 2. The number of amides is 2. The topological polar surface area (TPSA) is 105 Å². The average Bonchev–Trinajstić information content (AvgIpc) is 2.61. The van der Waals surface area contributed by atoms with E-state index in [-0.39, 0.29) is 17.5 Å². The normalized spacial score (nSPS) is 14.9. The maximum atomic E-state index is 12.6. The van der Waals surface area contributed by atoms with E-state index in [1.807, 2.05) is 4.90 Å². The van der Waals surface area contributed by atoms with Gasteiger partial charge in [-0.25, -0.2) is 0 Å². The number of piperazine rings is 1. The van der Waals surface area contributed by atoms with E-state index >= 15 is 0 Å². The number of carbonyl (C=O) groups is 2. The summed E-state index contributed by atoms with van der Waals surface area (Å²) in [6.07, 6.45) is 0. The molecule has 0 aliphatic carbocycles. The summed E-state index contributed by atoms with van der Waals surface area (Å²) < 4.78 is 4.88. The van der Waals surface area contributed by atoms with Crippen molar-refractivity contribution in [1.29, 1.82) is 0 Å². The molecule has 1 fully saturated rings. The van der Waals surface area contributed by atoms with E-state index in [4.69, 9.17) is 4.74 Å². The summed E-state index contributed by atoms with van der Waals surface area (Å²) in [4.78, 5) is 38.5. The number of ether oxygens (including phenoxy) is 1. The van der Waals surface area contributed by atoms with Gasteiger partial charge in [-0.1, -0.05) is 0 Å². The maximum absolute atomic E-state index is 12.6. The number of nitrogens with zero attached hydrogens (tertiary/aromatic N) is 3. The Hall–Kier alpha value is -2.52. The van der Waals surface area contributed by atoms with Gasteiger partial charge in [0.2, 0.25) is 5.91 Å². The van der Waals surface area contributed by atoms with E-state index in [9.17, 15) is 19.7 Å². The van der Waals surface area contributed by atoms with E-state index < -0.39 is 4.92 Å². The van der Waals surface area contributed by atoms with Gasteiger partial charge in [0, 0.05) is 57.0 Å². The van der Waals surface area contributed by atoms with E-state index in [0.717, 1.165) is 0 Å².